The van der Waals surface area contributed by atoms with Gasteiger partial charge in [0.05, 0.1) is 22.1 Å². The minimum atomic E-state index is -4.33. The Kier molecular flexibility index (Phi) is 4.85. The highest BCUT2D eigenvalue weighted by Crippen LogP contribution is 2.59. The van der Waals surface area contributed by atoms with Crippen LogP contribution in [0.4, 0.5) is 24.5 Å². The molecule has 2 aliphatic rings. The van der Waals surface area contributed by atoms with Gasteiger partial charge in [-0.3, -0.25) is 9.69 Å². The molecule has 1 aliphatic carbocycles. The fourth-order valence-electron chi connectivity index (χ4n) is 4.85. The predicted octanol–water partition coefficient (Wildman–Crippen LogP) is 6.62. The summed E-state index contributed by atoms with van der Waals surface area (Å²) in [6, 6.07) is 17.1. The third kappa shape index (κ3) is 3.14. The molecule has 1 unspecified atom stereocenters. The summed E-state index contributed by atoms with van der Waals surface area (Å²) < 4.78 is 40.7. The normalized spacial score (nSPS) is 20.9. The quantitative estimate of drug-likeness (QED) is 0.452. The van der Waals surface area contributed by atoms with Crippen molar-refractivity contribution in [2.45, 2.75) is 36.8 Å². The van der Waals surface area contributed by atoms with Crippen LogP contribution in [-0.4, -0.2) is 23.2 Å². The van der Waals surface area contributed by atoms with Gasteiger partial charge in [-0.05, 0) is 72.9 Å². The number of rotatable bonds is 4. The number of amides is 1. The summed E-state index contributed by atoms with van der Waals surface area (Å²) in [5.74, 6) is -1.47. The maximum absolute atomic E-state index is 13.9. The van der Waals surface area contributed by atoms with Gasteiger partial charge in [-0.1, -0.05) is 41.9 Å². The second kappa shape index (κ2) is 7.34. The Morgan fingerprint density at radius 2 is 1.65 bits per heavy atom. The molecule has 1 saturated carbocycles. The van der Waals surface area contributed by atoms with Crippen molar-refractivity contribution in [2.24, 2.45) is 0 Å². The van der Waals surface area contributed by atoms with Gasteiger partial charge in [-0.25, -0.2) is 4.79 Å². The number of hydrogen-bond donors (Lipinski definition) is 1. The Hall–Kier alpha value is -3.32. The van der Waals surface area contributed by atoms with E-state index in [1.54, 1.807) is 49.4 Å². The minimum Gasteiger partial charge on any atom is -0.478 e. The first-order chi connectivity index (χ1) is 16.0. The Bertz CT molecular complexity index is 1330. The Morgan fingerprint density at radius 3 is 2.24 bits per heavy atom. The molecular formula is C26H19ClF3NO3. The molecule has 4 nitrogen and oxygen atoms in total. The van der Waals surface area contributed by atoms with Crippen molar-refractivity contribution in [3.63, 3.8) is 0 Å². The maximum atomic E-state index is 13.9. The van der Waals surface area contributed by atoms with Gasteiger partial charge in [0.15, 0.2) is 0 Å². The van der Waals surface area contributed by atoms with E-state index >= 15 is 0 Å². The zero-order chi connectivity index (χ0) is 24.5. The van der Waals surface area contributed by atoms with E-state index in [9.17, 15) is 27.9 Å². The zero-order valence-corrected chi connectivity index (χ0v) is 18.7. The Morgan fingerprint density at radius 1 is 1.00 bits per heavy atom. The van der Waals surface area contributed by atoms with Crippen molar-refractivity contribution in [1.29, 1.82) is 0 Å². The van der Waals surface area contributed by atoms with Crippen LogP contribution < -0.4 is 4.90 Å². The van der Waals surface area contributed by atoms with E-state index in [0.717, 1.165) is 0 Å². The third-order valence-corrected chi connectivity index (χ3v) is 7.26. The van der Waals surface area contributed by atoms with Gasteiger partial charge in [-0.15, -0.1) is 0 Å². The van der Waals surface area contributed by atoms with Crippen LogP contribution in [0.2, 0.25) is 5.02 Å². The molecule has 0 radical (unpaired) electrons. The molecule has 1 N–H and O–H groups in total. The second-order valence-corrected chi connectivity index (χ2v) is 9.38. The van der Waals surface area contributed by atoms with E-state index in [-0.39, 0.29) is 29.9 Å². The number of anilines is 2. The molecule has 1 fully saturated rings. The lowest BCUT2D eigenvalue weighted by molar-refractivity contribution is -0.160. The number of carboxylic acid groups (broad SMARTS) is 1. The van der Waals surface area contributed by atoms with E-state index in [1.165, 1.54) is 29.2 Å². The smallest absolute Gasteiger partial charge is 0.398 e. The fraction of sp³-hybridized carbons (Fsp3) is 0.231. The van der Waals surface area contributed by atoms with Crippen molar-refractivity contribution in [2.75, 3.05) is 4.90 Å². The van der Waals surface area contributed by atoms with Gasteiger partial charge >= 0.3 is 12.1 Å². The number of carbonyl (C=O) groups excluding carboxylic acids is 1. The van der Waals surface area contributed by atoms with Gasteiger partial charge in [0.1, 0.15) is 0 Å². The molecule has 0 aromatic heterocycles. The molecule has 3 aromatic carbocycles. The number of alkyl halides is 3. The van der Waals surface area contributed by atoms with E-state index in [1.807, 2.05) is 0 Å². The summed E-state index contributed by atoms with van der Waals surface area (Å²) >= 11 is 6.26. The number of carbonyl (C=O) groups is 2. The Labute approximate surface area is 198 Å². The van der Waals surface area contributed by atoms with E-state index in [2.05, 4.69) is 0 Å². The maximum Gasteiger partial charge on any atom is 0.398 e. The number of hydrogen-bond acceptors (Lipinski definition) is 2. The number of halogens is 4. The highest BCUT2D eigenvalue weighted by molar-refractivity contribution is 6.31. The van der Waals surface area contributed by atoms with Crippen molar-refractivity contribution in [3.05, 3.63) is 94.0 Å². The molecule has 0 saturated heterocycles. The summed E-state index contributed by atoms with van der Waals surface area (Å²) in [5, 5.41) is 9.79. The van der Waals surface area contributed by atoms with E-state index in [4.69, 9.17) is 11.6 Å². The van der Waals surface area contributed by atoms with Crippen molar-refractivity contribution < 1.29 is 27.9 Å². The van der Waals surface area contributed by atoms with E-state index in [0.29, 0.717) is 27.5 Å². The summed E-state index contributed by atoms with van der Waals surface area (Å²) in [4.78, 5) is 26.8. The average molecular weight is 486 g/mol. The molecule has 5 rings (SSSR count). The highest BCUT2D eigenvalue weighted by Gasteiger charge is 2.64. The average Bonchev–Trinajstić information content (AvgIpc) is 3.59. The van der Waals surface area contributed by atoms with Gasteiger partial charge in [0.2, 0.25) is 5.91 Å². The summed E-state index contributed by atoms with van der Waals surface area (Å²) in [7, 11) is 0. The molecule has 1 heterocycles. The van der Waals surface area contributed by atoms with Crippen molar-refractivity contribution in [3.8, 4) is 0 Å². The Balaban J connectivity index is 1.62. The molecule has 0 spiro atoms. The van der Waals surface area contributed by atoms with Crippen LogP contribution in [-0.2, 0) is 15.6 Å². The monoisotopic (exact) mass is 485 g/mol. The first-order valence-corrected chi connectivity index (χ1v) is 11.0. The first kappa shape index (κ1) is 22.5. The zero-order valence-electron chi connectivity index (χ0n) is 18.0. The lowest BCUT2D eigenvalue weighted by atomic mass is 9.76. The number of aromatic carboxylic acids is 1. The van der Waals surface area contributed by atoms with Crippen LogP contribution in [0.1, 0.15) is 46.8 Å². The SMILES string of the molecule is CC1(c2ccc(C3(C(F)(F)F)CC3)cc2)C(=O)N(c2cccc(C(=O)O)c2)c2ccc(Cl)cc21. The first-order valence-electron chi connectivity index (χ1n) is 10.6. The number of carboxylic acids is 1. The molecule has 0 bridgehead atoms. The lowest BCUT2D eigenvalue weighted by Crippen LogP contribution is -2.37. The largest absolute Gasteiger partial charge is 0.478 e. The molecular weight excluding hydrogens is 467 g/mol. The van der Waals surface area contributed by atoms with Crippen molar-refractivity contribution >= 4 is 34.9 Å². The van der Waals surface area contributed by atoms with Gasteiger partial charge in [0, 0.05) is 10.7 Å². The summed E-state index contributed by atoms with van der Waals surface area (Å²) in [6.45, 7) is 1.71. The van der Waals surface area contributed by atoms with Crippen LogP contribution in [0.25, 0.3) is 0 Å². The molecule has 3 aromatic rings. The molecule has 1 amide bonds. The lowest BCUT2D eigenvalue weighted by Gasteiger charge is -2.26. The number of benzene rings is 3. The summed E-state index contributed by atoms with van der Waals surface area (Å²) in [5.41, 5.74) is -0.782. The standard InChI is InChI=1S/C26H19ClF3NO3/c1-24(16-5-7-17(8-6-16)25(11-12-25)26(28,29)30)20-14-18(27)9-10-21(20)31(23(24)34)19-4-2-3-15(13-19)22(32)33/h2-10,13-14H,11-12H2,1H3,(H,32,33). The molecule has 8 heteroatoms. The predicted molar refractivity (Wildman–Crippen MR) is 122 cm³/mol. The third-order valence-electron chi connectivity index (χ3n) is 7.03. The van der Waals surface area contributed by atoms with Gasteiger partial charge in [-0.2, -0.15) is 13.2 Å². The highest BCUT2D eigenvalue weighted by atomic mass is 35.5. The van der Waals surface area contributed by atoms with Gasteiger partial charge < -0.3 is 5.11 Å². The van der Waals surface area contributed by atoms with Crippen LogP contribution >= 0.6 is 11.6 Å². The van der Waals surface area contributed by atoms with E-state index < -0.39 is 23.0 Å². The molecule has 34 heavy (non-hydrogen) atoms. The fourth-order valence-corrected chi connectivity index (χ4v) is 5.02. The molecule has 1 atom stereocenters. The van der Waals surface area contributed by atoms with Crippen LogP contribution in [0.5, 0.6) is 0 Å². The number of fused-ring (bicyclic) bond motifs is 1. The van der Waals surface area contributed by atoms with Crippen LogP contribution in [0.15, 0.2) is 66.7 Å². The van der Waals surface area contributed by atoms with Crippen molar-refractivity contribution in [1.82, 2.24) is 0 Å². The van der Waals surface area contributed by atoms with Crippen LogP contribution in [0, 0.1) is 0 Å². The second-order valence-electron chi connectivity index (χ2n) is 8.94. The summed E-state index contributed by atoms with van der Waals surface area (Å²) in [6.07, 6.45) is -4.22. The molecule has 174 valence electrons. The molecule has 1 aliphatic heterocycles. The van der Waals surface area contributed by atoms with Crippen LogP contribution in [0.3, 0.4) is 0 Å². The minimum absolute atomic E-state index is 0.0284. The van der Waals surface area contributed by atoms with Gasteiger partial charge in [0.25, 0.3) is 0 Å². The topological polar surface area (TPSA) is 57.6 Å². The number of nitrogens with zero attached hydrogens (tertiary/aromatic N) is 1.